The van der Waals surface area contributed by atoms with Crippen molar-refractivity contribution in [2.24, 2.45) is 0 Å². The Labute approximate surface area is 182 Å². The molecule has 2 fully saturated rings. The number of ether oxygens (including phenoxy) is 2. The van der Waals surface area contributed by atoms with Crippen molar-refractivity contribution in [1.82, 2.24) is 15.3 Å². The summed E-state index contributed by atoms with van der Waals surface area (Å²) in [5.74, 6) is 1.42. The van der Waals surface area contributed by atoms with Gasteiger partial charge in [-0.1, -0.05) is 0 Å². The second-order valence-electron chi connectivity index (χ2n) is 8.23. The molecule has 0 radical (unpaired) electrons. The van der Waals surface area contributed by atoms with Crippen molar-refractivity contribution < 1.29 is 9.47 Å². The van der Waals surface area contributed by atoms with Gasteiger partial charge in [-0.3, -0.25) is 0 Å². The second-order valence-corrected chi connectivity index (χ2v) is 8.23. The highest BCUT2D eigenvalue weighted by Gasteiger charge is 2.17. The minimum Gasteiger partial charge on any atom is -0.488 e. The highest BCUT2D eigenvalue weighted by Crippen LogP contribution is 2.29. The molecule has 2 aromatic carbocycles. The minimum atomic E-state index is 0.227. The first-order valence-electron chi connectivity index (χ1n) is 11.1. The molecule has 0 bridgehead atoms. The first-order chi connectivity index (χ1) is 15.2. The topological polar surface area (TPSA) is 71.5 Å². The zero-order valence-corrected chi connectivity index (χ0v) is 17.9. The summed E-state index contributed by atoms with van der Waals surface area (Å²) < 4.78 is 11.8. The number of nitrogens with one attached hydrogen (secondary N) is 2. The van der Waals surface area contributed by atoms with Crippen LogP contribution in [0.4, 0.5) is 17.3 Å². The van der Waals surface area contributed by atoms with Crippen LogP contribution in [0.5, 0.6) is 5.75 Å². The number of anilines is 3. The molecule has 0 saturated carbocycles. The molecule has 3 aromatic rings. The summed E-state index contributed by atoms with van der Waals surface area (Å²) in [7, 11) is 0. The number of aromatic nitrogens is 2. The fraction of sp³-hybridized carbons (Fsp3) is 0.417. The lowest BCUT2D eigenvalue weighted by molar-refractivity contribution is 0.122. The summed E-state index contributed by atoms with van der Waals surface area (Å²) in [6, 6.07) is 12.6. The number of rotatable bonds is 5. The van der Waals surface area contributed by atoms with Gasteiger partial charge in [0.2, 0.25) is 5.95 Å². The van der Waals surface area contributed by atoms with Crippen molar-refractivity contribution in [1.29, 1.82) is 0 Å². The van der Waals surface area contributed by atoms with E-state index in [0.717, 1.165) is 80.1 Å². The zero-order valence-electron chi connectivity index (χ0n) is 17.9. The molecule has 0 aliphatic carbocycles. The second kappa shape index (κ2) is 9.08. The predicted octanol–water partition coefficient (Wildman–Crippen LogP) is 3.65. The van der Waals surface area contributed by atoms with Crippen LogP contribution >= 0.6 is 0 Å². The summed E-state index contributed by atoms with van der Waals surface area (Å²) in [5.41, 5.74) is 4.18. The summed E-state index contributed by atoms with van der Waals surface area (Å²) in [6.45, 7) is 7.50. The van der Waals surface area contributed by atoms with E-state index in [1.54, 1.807) is 0 Å². The molecular formula is C24H29N5O2. The molecule has 3 heterocycles. The molecule has 2 aliphatic rings. The highest BCUT2D eigenvalue weighted by atomic mass is 16.5. The van der Waals surface area contributed by atoms with E-state index in [1.807, 2.05) is 6.20 Å². The van der Waals surface area contributed by atoms with Crippen molar-refractivity contribution in [3.8, 4) is 5.75 Å². The Kier molecular flexibility index (Phi) is 5.86. The Balaban J connectivity index is 1.36. The van der Waals surface area contributed by atoms with E-state index in [2.05, 4.69) is 63.8 Å². The van der Waals surface area contributed by atoms with E-state index in [-0.39, 0.29) is 6.10 Å². The van der Waals surface area contributed by atoms with Crippen LogP contribution in [0.15, 0.2) is 42.6 Å². The van der Waals surface area contributed by atoms with E-state index in [9.17, 15) is 0 Å². The molecule has 31 heavy (non-hydrogen) atoms. The van der Waals surface area contributed by atoms with Gasteiger partial charge in [0.25, 0.3) is 0 Å². The standard InChI is InChI=1S/C24H29N5O2/c1-17-14-18-16-26-24(28-23(18)22(15-17)31-21-6-8-25-9-7-21)27-19-2-4-20(5-3-19)29-10-12-30-13-11-29/h2-5,14-16,21,25H,6-13H2,1H3,(H,26,27,28). The Hall–Kier alpha value is -2.90. The maximum Gasteiger partial charge on any atom is 0.227 e. The maximum absolute atomic E-state index is 6.36. The molecule has 0 spiro atoms. The Bertz CT molecular complexity index is 1030. The molecule has 0 amide bonds. The number of benzene rings is 2. The first kappa shape index (κ1) is 20.0. The van der Waals surface area contributed by atoms with Crippen LogP contribution in [0.2, 0.25) is 0 Å². The lowest BCUT2D eigenvalue weighted by atomic mass is 10.1. The van der Waals surface area contributed by atoms with Gasteiger partial charge in [-0.2, -0.15) is 0 Å². The van der Waals surface area contributed by atoms with Gasteiger partial charge in [0.1, 0.15) is 17.4 Å². The van der Waals surface area contributed by atoms with E-state index in [1.165, 1.54) is 5.69 Å². The normalized spacial score (nSPS) is 17.6. The molecule has 1 aromatic heterocycles. The van der Waals surface area contributed by atoms with Gasteiger partial charge in [-0.05, 0) is 74.8 Å². The lowest BCUT2D eigenvalue weighted by Gasteiger charge is -2.28. The van der Waals surface area contributed by atoms with Crippen LogP contribution in [0.1, 0.15) is 18.4 Å². The molecule has 7 heteroatoms. The van der Waals surface area contributed by atoms with Gasteiger partial charge < -0.3 is 25.0 Å². The lowest BCUT2D eigenvalue weighted by Crippen LogP contribution is -2.36. The smallest absolute Gasteiger partial charge is 0.227 e. The summed E-state index contributed by atoms with van der Waals surface area (Å²) >= 11 is 0. The average Bonchev–Trinajstić information content (AvgIpc) is 2.81. The van der Waals surface area contributed by atoms with Crippen LogP contribution in [-0.4, -0.2) is 55.5 Å². The van der Waals surface area contributed by atoms with Crippen molar-refractivity contribution in [2.75, 3.05) is 49.6 Å². The molecule has 2 N–H and O–H groups in total. The monoisotopic (exact) mass is 419 g/mol. The summed E-state index contributed by atoms with van der Waals surface area (Å²) in [6.07, 6.45) is 4.13. The van der Waals surface area contributed by atoms with Crippen LogP contribution in [0.25, 0.3) is 10.9 Å². The molecule has 162 valence electrons. The molecule has 0 unspecified atom stereocenters. The number of nitrogens with zero attached hydrogens (tertiary/aromatic N) is 3. The molecule has 0 atom stereocenters. The van der Waals surface area contributed by atoms with E-state index < -0.39 is 0 Å². The van der Waals surface area contributed by atoms with Gasteiger partial charge >= 0.3 is 0 Å². The highest BCUT2D eigenvalue weighted by molar-refractivity contribution is 5.85. The molecule has 5 rings (SSSR count). The Morgan fingerprint density at radius 2 is 1.87 bits per heavy atom. The molecule has 2 aliphatic heterocycles. The summed E-state index contributed by atoms with van der Waals surface area (Å²) in [5, 5.41) is 7.72. The number of piperidine rings is 1. The number of hydrogen-bond donors (Lipinski definition) is 2. The SMILES string of the molecule is Cc1cc(OC2CCNCC2)c2nc(Nc3ccc(N4CCOCC4)cc3)ncc2c1. The molecular weight excluding hydrogens is 390 g/mol. The van der Waals surface area contributed by atoms with Crippen molar-refractivity contribution in [2.45, 2.75) is 25.9 Å². The molecule has 2 saturated heterocycles. The van der Waals surface area contributed by atoms with Crippen LogP contribution in [-0.2, 0) is 4.74 Å². The number of aryl methyl sites for hydroxylation is 1. The predicted molar refractivity (Wildman–Crippen MR) is 124 cm³/mol. The van der Waals surface area contributed by atoms with Gasteiger partial charge in [0, 0.05) is 36.0 Å². The third-order valence-corrected chi connectivity index (χ3v) is 5.87. The fourth-order valence-corrected chi connectivity index (χ4v) is 4.21. The van der Waals surface area contributed by atoms with Crippen molar-refractivity contribution in [3.63, 3.8) is 0 Å². The molecule has 7 nitrogen and oxygen atoms in total. The zero-order chi connectivity index (χ0) is 21.0. The van der Waals surface area contributed by atoms with Gasteiger partial charge in [0.15, 0.2) is 0 Å². The number of morpholine rings is 1. The number of fused-ring (bicyclic) bond motifs is 1. The van der Waals surface area contributed by atoms with Gasteiger partial charge in [0.05, 0.1) is 13.2 Å². The van der Waals surface area contributed by atoms with E-state index in [0.29, 0.717) is 5.95 Å². The van der Waals surface area contributed by atoms with Crippen molar-refractivity contribution >= 4 is 28.2 Å². The fourth-order valence-electron chi connectivity index (χ4n) is 4.21. The Morgan fingerprint density at radius 1 is 1.10 bits per heavy atom. The largest absolute Gasteiger partial charge is 0.488 e. The third kappa shape index (κ3) is 4.73. The van der Waals surface area contributed by atoms with Crippen LogP contribution in [0.3, 0.4) is 0 Å². The third-order valence-electron chi connectivity index (χ3n) is 5.87. The van der Waals surface area contributed by atoms with Crippen LogP contribution in [0, 0.1) is 6.92 Å². The maximum atomic E-state index is 6.36. The first-order valence-corrected chi connectivity index (χ1v) is 11.1. The van der Waals surface area contributed by atoms with Crippen molar-refractivity contribution in [3.05, 3.63) is 48.2 Å². The van der Waals surface area contributed by atoms with E-state index >= 15 is 0 Å². The Morgan fingerprint density at radius 3 is 2.65 bits per heavy atom. The quantitative estimate of drug-likeness (QED) is 0.654. The van der Waals surface area contributed by atoms with Crippen LogP contribution < -0.4 is 20.3 Å². The minimum absolute atomic E-state index is 0.227. The average molecular weight is 420 g/mol. The van der Waals surface area contributed by atoms with Gasteiger partial charge in [-0.15, -0.1) is 0 Å². The van der Waals surface area contributed by atoms with E-state index in [4.69, 9.17) is 14.5 Å². The number of hydrogen-bond acceptors (Lipinski definition) is 7. The summed E-state index contributed by atoms with van der Waals surface area (Å²) in [4.78, 5) is 11.7. The van der Waals surface area contributed by atoms with Gasteiger partial charge in [-0.25, -0.2) is 9.97 Å².